The fourth-order valence-corrected chi connectivity index (χ4v) is 13.2. The highest BCUT2D eigenvalue weighted by molar-refractivity contribution is 6.90. The molecule has 4 heterocycles. The molecule has 0 radical (unpaired) electrons. The molecule has 15 rings (SSSR count). The third-order valence-electron chi connectivity index (χ3n) is 16.7. The van der Waals surface area contributed by atoms with Gasteiger partial charge in [-0.05, 0) is 143 Å². The topological polar surface area (TPSA) is 21.3 Å². The van der Waals surface area contributed by atoms with Crippen molar-refractivity contribution in [2.45, 2.75) is 65.2 Å². The molecule has 0 N–H and O–H groups in total. The highest BCUT2D eigenvalue weighted by Crippen LogP contribution is 2.52. The lowest BCUT2D eigenvalue weighted by atomic mass is 9.44. The van der Waals surface area contributed by atoms with Crippen LogP contribution in [0, 0.1) is 0 Å². The number of benzene rings is 11. The number of anilines is 3. The van der Waals surface area contributed by atoms with Gasteiger partial charge in [-0.2, -0.15) is 0 Å². The van der Waals surface area contributed by atoms with Crippen LogP contribution in [-0.4, -0.2) is 11.3 Å². The molecule has 0 spiro atoms. The summed E-state index contributed by atoms with van der Waals surface area (Å²) in [6, 6.07) is 75.8. The van der Waals surface area contributed by atoms with Gasteiger partial charge in [0, 0.05) is 60.8 Å². The van der Waals surface area contributed by atoms with Crippen molar-refractivity contribution < 1.29 is 4.42 Å². The summed E-state index contributed by atoms with van der Waals surface area (Å²) >= 11 is 0. The Morgan fingerprint density at radius 1 is 0.459 bits per heavy atom. The Morgan fingerprint density at radius 3 is 1.65 bits per heavy atom. The van der Waals surface area contributed by atoms with Gasteiger partial charge in [-0.1, -0.05) is 199 Å². The number of rotatable bonds is 5. The molecule has 11 aromatic carbocycles. The van der Waals surface area contributed by atoms with Crippen LogP contribution in [0.25, 0.3) is 87.2 Å². The zero-order valence-corrected chi connectivity index (χ0v) is 42.8. The first-order valence-corrected chi connectivity index (χ1v) is 26.4. The SMILES string of the molecule is CC(C)(C)c1cc(N2c3cc4c(Cc5ccccc5)c5ccccc5c(Cc5ccccc5)c4cc3B3c4c2cc2c(oc5ccccc52)c4-c2cc4ccccc4c4c5ccccc5n3c24)cc(C(C)(C)C)c1. The number of aromatic nitrogens is 1. The molecule has 2 aliphatic heterocycles. The fraction of sp³-hybridized carbons (Fsp3) is 0.143. The minimum absolute atomic E-state index is 0.103. The van der Waals surface area contributed by atoms with Crippen molar-refractivity contribution in [3.8, 4) is 11.1 Å². The van der Waals surface area contributed by atoms with Crippen LogP contribution in [-0.2, 0) is 23.7 Å². The monoisotopic (exact) mass is 950 g/mol. The molecule has 3 nitrogen and oxygen atoms in total. The van der Waals surface area contributed by atoms with Crippen LogP contribution in [0.2, 0.25) is 0 Å². The molecule has 0 saturated carbocycles. The van der Waals surface area contributed by atoms with E-state index in [1.807, 2.05) is 0 Å². The van der Waals surface area contributed by atoms with E-state index in [9.17, 15) is 0 Å². The predicted molar refractivity (Wildman–Crippen MR) is 316 cm³/mol. The van der Waals surface area contributed by atoms with E-state index < -0.39 is 0 Å². The molecule has 0 bridgehead atoms. The molecule has 4 heteroatoms. The van der Waals surface area contributed by atoms with Crippen molar-refractivity contribution in [1.29, 1.82) is 0 Å². The third-order valence-corrected chi connectivity index (χ3v) is 16.7. The average molecular weight is 951 g/mol. The van der Waals surface area contributed by atoms with E-state index >= 15 is 0 Å². The maximum atomic E-state index is 7.26. The second kappa shape index (κ2) is 15.6. The van der Waals surface area contributed by atoms with Gasteiger partial charge in [0.15, 0.2) is 0 Å². The predicted octanol–water partition coefficient (Wildman–Crippen LogP) is 17.3. The first kappa shape index (κ1) is 43.3. The molecular formula is C70H55BN2O. The van der Waals surface area contributed by atoms with Crippen LogP contribution >= 0.6 is 0 Å². The van der Waals surface area contributed by atoms with Gasteiger partial charge in [-0.15, -0.1) is 0 Å². The van der Waals surface area contributed by atoms with Gasteiger partial charge in [-0.3, -0.25) is 0 Å². The zero-order valence-electron chi connectivity index (χ0n) is 42.8. The number of furan rings is 1. The number of nitrogens with zero attached hydrogens (tertiary/aromatic N) is 2. The summed E-state index contributed by atoms with van der Waals surface area (Å²) in [7, 11) is 0. The van der Waals surface area contributed by atoms with E-state index in [1.165, 1.54) is 127 Å². The Morgan fingerprint density at radius 2 is 1.00 bits per heavy atom. The number of hydrogen-bond acceptors (Lipinski definition) is 2. The summed E-state index contributed by atoms with van der Waals surface area (Å²) in [5, 5.41) is 12.6. The molecule has 2 aromatic heterocycles. The van der Waals surface area contributed by atoms with Crippen molar-refractivity contribution in [3.05, 3.63) is 234 Å². The first-order chi connectivity index (χ1) is 36.0. The Kier molecular flexibility index (Phi) is 9.11. The molecule has 74 heavy (non-hydrogen) atoms. The van der Waals surface area contributed by atoms with Crippen molar-refractivity contribution in [1.82, 2.24) is 4.48 Å². The van der Waals surface area contributed by atoms with E-state index in [1.54, 1.807) is 0 Å². The Balaban J connectivity index is 1.18. The maximum Gasteiger partial charge on any atom is 0.333 e. The molecule has 0 unspecified atom stereocenters. The minimum Gasteiger partial charge on any atom is -0.455 e. The molecule has 0 fully saturated rings. The summed E-state index contributed by atoms with van der Waals surface area (Å²) < 4.78 is 9.99. The second-order valence-corrected chi connectivity index (χ2v) is 23.2. The highest BCUT2D eigenvalue weighted by atomic mass is 16.3. The van der Waals surface area contributed by atoms with Gasteiger partial charge >= 0.3 is 6.85 Å². The van der Waals surface area contributed by atoms with Crippen LogP contribution in [0.4, 0.5) is 17.1 Å². The lowest BCUT2D eigenvalue weighted by Gasteiger charge is -2.41. The van der Waals surface area contributed by atoms with Crippen molar-refractivity contribution in [3.63, 3.8) is 0 Å². The third kappa shape index (κ3) is 6.27. The Bertz CT molecular complexity index is 4480. The van der Waals surface area contributed by atoms with Crippen molar-refractivity contribution in [2.75, 3.05) is 4.90 Å². The average Bonchev–Trinajstić information content (AvgIpc) is 4.15. The van der Waals surface area contributed by atoms with Crippen molar-refractivity contribution >= 4 is 111 Å². The quantitative estimate of drug-likeness (QED) is 0.127. The van der Waals surface area contributed by atoms with E-state index in [4.69, 9.17) is 4.42 Å². The van der Waals surface area contributed by atoms with Gasteiger partial charge in [-0.25, -0.2) is 0 Å². The first-order valence-electron chi connectivity index (χ1n) is 26.4. The van der Waals surface area contributed by atoms with Crippen LogP contribution in [0.15, 0.2) is 205 Å². The molecule has 0 aliphatic carbocycles. The maximum absolute atomic E-state index is 7.26. The van der Waals surface area contributed by atoms with Crippen LogP contribution in [0.5, 0.6) is 0 Å². The molecule has 0 saturated heterocycles. The normalized spacial score (nSPS) is 13.3. The molecular weight excluding hydrogens is 896 g/mol. The Labute approximate surface area is 432 Å². The van der Waals surface area contributed by atoms with Gasteiger partial charge in [0.05, 0.1) is 0 Å². The van der Waals surface area contributed by atoms with Gasteiger partial charge < -0.3 is 13.8 Å². The van der Waals surface area contributed by atoms with Crippen LogP contribution in [0.3, 0.4) is 0 Å². The summed E-state index contributed by atoms with van der Waals surface area (Å²) in [4.78, 5) is 2.67. The van der Waals surface area contributed by atoms with Crippen molar-refractivity contribution in [2.24, 2.45) is 0 Å². The summed E-state index contributed by atoms with van der Waals surface area (Å²) in [6.07, 6.45) is 1.62. The van der Waals surface area contributed by atoms with E-state index in [0.717, 1.165) is 34.8 Å². The number of hydrogen-bond donors (Lipinski definition) is 0. The largest absolute Gasteiger partial charge is 0.455 e. The molecule has 2 aliphatic rings. The lowest BCUT2D eigenvalue weighted by molar-refractivity contribution is 0.569. The van der Waals surface area contributed by atoms with Gasteiger partial charge in [0.1, 0.15) is 11.2 Å². The molecule has 0 amide bonds. The number of para-hydroxylation sites is 2. The van der Waals surface area contributed by atoms with E-state index in [0.29, 0.717) is 0 Å². The van der Waals surface area contributed by atoms with Crippen LogP contribution in [0.1, 0.15) is 74.9 Å². The smallest absolute Gasteiger partial charge is 0.333 e. The molecule has 13 aromatic rings. The highest BCUT2D eigenvalue weighted by Gasteiger charge is 2.45. The summed E-state index contributed by atoms with van der Waals surface area (Å²) in [6.45, 7) is 14.0. The molecule has 0 atom stereocenters. The lowest BCUT2D eigenvalue weighted by Crippen LogP contribution is -2.56. The Hall–Kier alpha value is -8.34. The second-order valence-electron chi connectivity index (χ2n) is 23.2. The van der Waals surface area contributed by atoms with Crippen LogP contribution < -0.4 is 15.8 Å². The number of fused-ring (bicyclic) bond motifs is 15. The summed E-state index contributed by atoms with van der Waals surface area (Å²) in [5.41, 5.74) is 20.7. The van der Waals surface area contributed by atoms with Gasteiger partial charge in [0.25, 0.3) is 0 Å². The fourth-order valence-electron chi connectivity index (χ4n) is 13.2. The zero-order chi connectivity index (χ0) is 49.8. The van der Waals surface area contributed by atoms with Gasteiger partial charge in [0.2, 0.25) is 0 Å². The summed E-state index contributed by atoms with van der Waals surface area (Å²) in [5.74, 6) is 0. The standard InChI is InChI=1S/C70H55BN2O/c1-69(2,3)45-36-46(70(4,5)6)38-47(37-45)72-61-40-56-54(34-43-23-11-8-12-24-43)50-28-16-15-27-49(50)53(33-42-21-9-7-10-22-42)55(56)39-59(61)71-66-62(72)41-57-51-29-18-20-32-63(51)74-68(57)65(66)58-35-44-25-13-14-26-48(44)64-52-30-17-19-31-60(52)73(71)67(58)64/h7-32,35-41H,33-34H2,1-6H3. The minimum atomic E-state index is -0.189. The van der Waals surface area contributed by atoms with E-state index in [-0.39, 0.29) is 17.7 Å². The van der Waals surface area contributed by atoms with E-state index in [2.05, 4.69) is 251 Å². The molecule has 354 valence electrons.